The number of amides is 1. The Morgan fingerprint density at radius 3 is 2.46 bits per heavy atom. The molecule has 3 fully saturated rings. The van der Waals surface area contributed by atoms with E-state index in [9.17, 15) is 4.79 Å². The molecule has 1 spiro atoms. The van der Waals surface area contributed by atoms with Crippen LogP contribution in [-0.2, 0) is 4.79 Å². The molecule has 2 unspecified atom stereocenters. The van der Waals surface area contributed by atoms with Gasteiger partial charge in [-0.05, 0) is 37.5 Å². The molecule has 72 valence electrons. The lowest BCUT2D eigenvalue weighted by molar-refractivity contribution is -0.120. The number of carbonyl (C=O) groups is 1. The Labute approximate surface area is 79.1 Å². The number of hydrogen-bond donors (Lipinski definition) is 1. The predicted octanol–water partition coefficient (Wildman–Crippen LogP) is 1.85. The molecule has 2 atom stereocenters. The number of rotatable bonds is 0. The van der Waals surface area contributed by atoms with E-state index in [1.807, 2.05) is 0 Å². The molecule has 2 aliphatic carbocycles. The van der Waals surface area contributed by atoms with Crippen LogP contribution >= 0.6 is 0 Å². The number of fused-ring (bicyclic) bond motifs is 2. The van der Waals surface area contributed by atoms with Crippen molar-refractivity contribution in [1.82, 2.24) is 5.32 Å². The van der Waals surface area contributed by atoms with Crippen LogP contribution in [0.2, 0.25) is 0 Å². The third kappa shape index (κ3) is 1.18. The molecule has 1 saturated heterocycles. The summed E-state index contributed by atoms with van der Waals surface area (Å²) in [6, 6.07) is 0. The maximum Gasteiger partial charge on any atom is 0.220 e. The zero-order valence-corrected chi connectivity index (χ0v) is 8.01. The number of nitrogens with one attached hydrogen (secondary N) is 1. The highest BCUT2D eigenvalue weighted by atomic mass is 16.2. The highest BCUT2D eigenvalue weighted by Gasteiger charge is 2.46. The molecule has 3 rings (SSSR count). The minimum Gasteiger partial charge on any atom is -0.351 e. The molecule has 0 aromatic carbocycles. The van der Waals surface area contributed by atoms with Crippen LogP contribution in [0.4, 0.5) is 0 Å². The fourth-order valence-electron chi connectivity index (χ4n) is 3.82. The Bertz CT molecular complexity index is 236. The summed E-state index contributed by atoms with van der Waals surface area (Å²) < 4.78 is 0. The van der Waals surface area contributed by atoms with Gasteiger partial charge in [-0.25, -0.2) is 0 Å². The van der Waals surface area contributed by atoms with E-state index < -0.39 is 0 Å². The number of carbonyl (C=O) groups excluding carboxylic acids is 1. The molecule has 2 heteroatoms. The third-order valence-corrected chi connectivity index (χ3v) is 4.24. The summed E-state index contributed by atoms with van der Waals surface area (Å²) in [6.07, 6.45) is 8.71. The van der Waals surface area contributed by atoms with Gasteiger partial charge in [0.2, 0.25) is 5.91 Å². The van der Waals surface area contributed by atoms with Crippen LogP contribution < -0.4 is 5.32 Å². The Kier molecular flexibility index (Phi) is 1.50. The molecular weight excluding hydrogens is 162 g/mol. The van der Waals surface area contributed by atoms with Crippen LogP contribution in [0.3, 0.4) is 0 Å². The third-order valence-electron chi connectivity index (χ3n) is 4.24. The van der Waals surface area contributed by atoms with Gasteiger partial charge in [0.25, 0.3) is 0 Å². The maximum absolute atomic E-state index is 11.2. The van der Waals surface area contributed by atoms with Crippen molar-refractivity contribution in [3.05, 3.63) is 0 Å². The molecule has 1 amide bonds. The standard InChI is InChI=1S/C11H17NO/c13-10-3-4-11(12-10)6-8-1-2-9(5-8)7-11/h8-9H,1-7H2,(H,12,13). The van der Waals surface area contributed by atoms with Crippen molar-refractivity contribution in [3.8, 4) is 0 Å². The SMILES string of the molecule is O=C1CCC2(CC3CCC(C3)C2)N1. The van der Waals surface area contributed by atoms with Crippen LogP contribution in [-0.4, -0.2) is 11.4 Å². The van der Waals surface area contributed by atoms with Crippen LogP contribution in [0.25, 0.3) is 0 Å². The first-order valence-corrected chi connectivity index (χ1v) is 5.57. The molecule has 13 heavy (non-hydrogen) atoms. The molecule has 2 nitrogen and oxygen atoms in total. The average Bonchev–Trinajstić information content (AvgIpc) is 2.58. The van der Waals surface area contributed by atoms with Crippen molar-refractivity contribution in [2.45, 2.75) is 50.5 Å². The summed E-state index contributed by atoms with van der Waals surface area (Å²) in [5.74, 6) is 2.15. The van der Waals surface area contributed by atoms with Gasteiger partial charge >= 0.3 is 0 Å². The van der Waals surface area contributed by atoms with Crippen molar-refractivity contribution < 1.29 is 4.79 Å². The zero-order chi connectivity index (χ0) is 8.89. The van der Waals surface area contributed by atoms with E-state index in [0.717, 1.165) is 24.7 Å². The van der Waals surface area contributed by atoms with E-state index in [1.54, 1.807) is 0 Å². The van der Waals surface area contributed by atoms with Gasteiger partial charge in [-0.3, -0.25) is 4.79 Å². The Morgan fingerprint density at radius 1 is 1.23 bits per heavy atom. The molecule has 1 heterocycles. The fourth-order valence-corrected chi connectivity index (χ4v) is 3.82. The summed E-state index contributed by atoms with van der Waals surface area (Å²) in [5.41, 5.74) is 0.251. The Balaban J connectivity index is 1.81. The average molecular weight is 179 g/mol. The number of hydrogen-bond acceptors (Lipinski definition) is 1. The predicted molar refractivity (Wildman–Crippen MR) is 50.2 cm³/mol. The summed E-state index contributed by atoms with van der Waals surface area (Å²) in [7, 11) is 0. The largest absolute Gasteiger partial charge is 0.351 e. The maximum atomic E-state index is 11.2. The van der Waals surface area contributed by atoms with E-state index in [-0.39, 0.29) is 5.54 Å². The smallest absolute Gasteiger partial charge is 0.220 e. The molecule has 2 saturated carbocycles. The van der Waals surface area contributed by atoms with Gasteiger partial charge in [-0.15, -0.1) is 0 Å². The molecule has 1 N–H and O–H groups in total. The van der Waals surface area contributed by atoms with E-state index in [4.69, 9.17) is 0 Å². The minimum atomic E-state index is 0.251. The molecule has 0 aromatic heterocycles. The lowest BCUT2D eigenvalue weighted by Gasteiger charge is -2.37. The van der Waals surface area contributed by atoms with Gasteiger partial charge in [0.1, 0.15) is 0 Å². The molecule has 1 aliphatic heterocycles. The molecule has 2 bridgehead atoms. The molecule has 0 aromatic rings. The quantitative estimate of drug-likeness (QED) is 0.604. The van der Waals surface area contributed by atoms with Crippen molar-refractivity contribution in [2.24, 2.45) is 11.8 Å². The second-order valence-corrected chi connectivity index (χ2v) is 5.28. The summed E-state index contributed by atoms with van der Waals surface area (Å²) in [5, 5.41) is 3.23. The van der Waals surface area contributed by atoms with Crippen LogP contribution in [0.5, 0.6) is 0 Å². The second-order valence-electron chi connectivity index (χ2n) is 5.28. The summed E-state index contributed by atoms with van der Waals surface area (Å²) >= 11 is 0. The van der Waals surface area contributed by atoms with Gasteiger partial charge in [0.15, 0.2) is 0 Å². The Hall–Kier alpha value is -0.530. The van der Waals surface area contributed by atoms with E-state index in [2.05, 4.69) is 5.32 Å². The Morgan fingerprint density at radius 2 is 1.92 bits per heavy atom. The van der Waals surface area contributed by atoms with Gasteiger partial charge in [0, 0.05) is 12.0 Å². The highest BCUT2D eigenvalue weighted by Crippen LogP contribution is 2.49. The molecule has 3 aliphatic rings. The monoisotopic (exact) mass is 179 g/mol. The highest BCUT2D eigenvalue weighted by molar-refractivity contribution is 5.79. The van der Waals surface area contributed by atoms with Crippen LogP contribution in [0.15, 0.2) is 0 Å². The summed E-state index contributed by atoms with van der Waals surface area (Å²) in [6.45, 7) is 0. The first-order valence-electron chi connectivity index (χ1n) is 5.57. The van der Waals surface area contributed by atoms with Gasteiger partial charge < -0.3 is 5.32 Å². The van der Waals surface area contributed by atoms with Crippen molar-refractivity contribution in [2.75, 3.05) is 0 Å². The van der Waals surface area contributed by atoms with Crippen molar-refractivity contribution >= 4 is 5.91 Å². The van der Waals surface area contributed by atoms with Gasteiger partial charge in [-0.2, -0.15) is 0 Å². The fraction of sp³-hybridized carbons (Fsp3) is 0.909. The minimum absolute atomic E-state index is 0.251. The zero-order valence-electron chi connectivity index (χ0n) is 8.01. The first-order chi connectivity index (χ1) is 6.26. The first kappa shape index (κ1) is 7.84. The van der Waals surface area contributed by atoms with Crippen molar-refractivity contribution in [1.29, 1.82) is 0 Å². The van der Waals surface area contributed by atoms with Crippen LogP contribution in [0, 0.1) is 11.8 Å². The summed E-state index contributed by atoms with van der Waals surface area (Å²) in [4.78, 5) is 11.2. The second kappa shape index (κ2) is 2.49. The van der Waals surface area contributed by atoms with Gasteiger partial charge in [0.05, 0.1) is 0 Å². The normalized spacial score (nSPS) is 48.5. The van der Waals surface area contributed by atoms with E-state index in [0.29, 0.717) is 5.91 Å². The lowest BCUT2D eigenvalue weighted by Crippen LogP contribution is -2.45. The van der Waals surface area contributed by atoms with E-state index in [1.165, 1.54) is 32.1 Å². The lowest BCUT2D eigenvalue weighted by atomic mass is 9.74. The van der Waals surface area contributed by atoms with Gasteiger partial charge in [-0.1, -0.05) is 12.8 Å². The van der Waals surface area contributed by atoms with Crippen LogP contribution in [0.1, 0.15) is 44.9 Å². The van der Waals surface area contributed by atoms with Crippen molar-refractivity contribution in [3.63, 3.8) is 0 Å². The topological polar surface area (TPSA) is 29.1 Å². The molecule has 0 radical (unpaired) electrons. The molecular formula is C11H17NO. The van der Waals surface area contributed by atoms with E-state index >= 15 is 0 Å².